The lowest BCUT2D eigenvalue weighted by molar-refractivity contribution is -0.122. The van der Waals surface area contributed by atoms with Gasteiger partial charge >= 0.3 is 0 Å². The number of carbonyl (C=O) groups excluding carboxylic acids is 1. The summed E-state index contributed by atoms with van der Waals surface area (Å²) in [6.07, 6.45) is 1.89. The van der Waals surface area contributed by atoms with Crippen LogP contribution in [-0.2, 0) is 11.3 Å². The third kappa shape index (κ3) is 3.63. The molecule has 1 N–H and O–H groups in total. The normalized spacial score (nSPS) is 12.0. The van der Waals surface area contributed by atoms with Crippen LogP contribution in [0, 0.1) is 6.92 Å². The Morgan fingerprint density at radius 2 is 2.09 bits per heavy atom. The molecule has 1 atom stereocenters. The summed E-state index contributed by atoms with van der Waals surface area (Å²) in [6, 6.07) is 13.1. The van der Waals surface area contributed by atoms with Crippen molar-refractivity contribution in [1.82, 2.24) is 25.5 Å². The Bertz CT molecular complexity index is 752. The molecule has 1 unspecified atom stereocenters. The standard InChI is InChI=1S/C16H17N5O2/c1-12-18-19-20-21(12)10-9-15(22)17-16(14-8-5-11-23-14)13-6-3-2-4-7-13/h2-8,11,16H,9-10H2,1H3,(H,17,22). The first-order valence-corrected chi connectivity index (χ1v) is 7.34. The smallest absolute Gasteiger partial charge is 0.222 e. The summed E-state index contributed by atoms with van der Waals surface area (Å²) in [5, 5.41) is 14.2. The van der Waals surface area contributed by atoms with Crippen LogP contribution in [0.4, 0.5) is 0 Å². The molecule has 0 spiro atoms. The Morgan fingerprint density at radius 1 is 1.26 bits per heavy atom. The van der Waals surface area contributed by atoms with Crippen LogP contribution >= 0.6 is 0 Å². The van der Waals surface area contributed by atoms with Crippen LogP contribution in [0.1, 0.15) is 29.6 Å². The molecule has 7 heteroatoms. The van der Waals surface area contributed by atoms with Gasteiger partial charge in [0.2, 0.25) is 5.91 Å². The van der Waals surface area contributed by atoms with Crippen molar-refractivity contribution in [3.63, 3.8) is 0 Å². The molecule has 0 aliphatic rings. The van der Waals surface area contributed by atoms with Gasteiger partial charge in [0.05, 0.1) is 12.8 Å². The van der Waals surface area contributed by atoms with Gasteiger partial charge in [-0.25, -0.2) is 4.68 Å². The van der Waals surface area contributed by atoms with Crippen molar-refractivity contribution in [2.24, 2.45) is 0 Å². The third-order valence-corrected chi connectivity index (χ3v) is 3.53. The molecule has 3 aromatic rings. The summed E-state index contributed by atoms with van der Waals surface area (Å²) >= 11 is 0. The van der Waals surface area contributed by atoms with Crippen LogP contribution in [0.15, 0.2) is 53.1 Å². The molecule has 118 valence electrons. The Morgan fingerprint density at radius 3 is 2.74 bits per heavy atom. The highest BCUT2D eigenvalue weighted by Gasteiger charge is 2.19. The highest BCUT2D eigenvalue weighted by atomic mass is 16.3. The molecule has 0 saturated carbocycles. The topological polar surface area (TPSA) is 85.8 Å². The zero-order valence-electron chi connectivity index (χ0n) is 12.7. The SMILES string of the molecule is Cc1nnnn1CCC(=O)NC(c1ccccc1)c1ccco1. The number of nitrogens with one attached hydrogen (secondary N) is 1. The number of amides is 1. The minimum Gasteiger partial charge on any atom is -0.467 e. The van der Waals surface area contributed by atoms with E-state index in [-0.39, 0.29) is 18.4 Å². The van der Waals surface area contributed by atoms with Gasteiger partial charge in [-0.15, -0.1) is 5.10 Å². The molecule has 1 amide bonds. The second-order valence-electron chi connectivity index (χ2n) is 5.13. The van der Waals surface area contributed by atoms with E-state index in [1.54, 1.807) is 17.9 Å². The van der Waals surface area contributed by atoms with E-state index in [2.05, 4.69) is 20.8 Å². The fraction of sp³-hybridized carbons (Fsp3) is 0.250. The Kier molecular flexibility index (Phi) is 4.46. The van der Waals surface area contributed by atoms with E-state index in [1.165, 1.54) is 0 Å². The minimum atomic E-state index is -0.311. The monoisotopic (exact) mass is 311 g/mol. The van der Waals surface area contributed by atoms with Gasteiger partial charge in [0, 0.05) is 6.42 Å². The number of hydrogen-bond acceptors (Lipinski definition) is 5. The molecule has 0 aliphatic carbocycles. The molecule has 2 heterocycles. The number of aryl methyl sites for hydroxylation is 2. The van der Waals surface area contributed by atoms with Crippen molar-refractivity contribution in [2.45, 2.75) is 25.9 Å². The molecule has 2 aromatic heterocycles. The molecule has 0 aliphatic heterocycles. The largest absolute Gasteiger partial charge is 0.467 e. The van der Waals surface area contributed by atoms with E-state index >= 15 is 0 Å². The van der Waals surface area contributed by atoms with E-state index in [0.29, 0.717) is 18.1 Å². The van der Waals surface area contributed by atoms with E-state index in [4.69, 9.17) is 4.42 Å². The summed E-state index contributed by atoms with van der Waals surface area (Å²) < 4.78 is 7.07. The summed E-state index contributed by atoms with van der Waals surface area (Å²) in [7, 11) is 0. The summed E-state index contributed by atoms with van der Waals surface area (Å²) in [5.74, 6) is 1.29. The van der Waals surface area contributed by atoms with Crippen molar-refractivity contribution in [2.75, 3.05) is 0 Å². The summed E-state index contributed by atoms with van der Waals surface area (Å²) in [4.78, 5) is 12.3. The zero-order chi connectivity index (χ0) is 16.1. The van der Waals surface area contributed by atoms with Gasteiger partial charge in [0.15, 0.2) is 0 Å². The van der Waals surface area contributed by atoms with Crippen LogP contribution < -0.4 is 5.32 Å². The molecule has 1 aromatic carbocycles. The predicted octanol–water partition coefficient (Wildman–Crippen LogP) is 1.87. The number of hydrogen-bond donors (Lipinski definition) is 1. The molecule has 0 saturated heterocycles. The second kappa shape index (κ2) is 6.87. The van der Waals surface area contributed by atoms with Gasteiger partial charge in [-0.1, -0.05) is 30.3 Å². The summed E-state index contributed by atoms with van der Waals surface area (Å²) in [5.41, 5.74) is 0.967. The number of aromatic nitrogens is 4. The molecule has 0 bridgehead atoms. The highest BCUT2D eigenvalue weighted by Crippen LogP contribution is 2.22. The van der Waals surface area contributed by atoms with E-state index in [1.807, 2.05) is 42.5 Å². The maximum absolute atomic E-state index is 12.3. The molecule has 0 fully saturated rings. The molecule has 0 radical (unpaired) electrons. The molecule has 23 heavy (non-hydrogen) atoms. The molecular formula is C16H17N5O2. The zero-order valence-corrected chi connectivity index (χ0v) is 12.7. The Balaban J connectivity index is 1.69. The van der Waals surface area contributed by atoms with Gasteiger partial charge in [0.25, 0.3) is 0 Å². The third-order valence-electron chi connectivity index (χ3n) is 3.53. The van der Waals surface area contributed by atoms with Crippen molar-refractivity contribution in [3.05, 3.63) is 65.9 Å². The Labute approximate surface area is 133 Å². The lowest BCUT2D eigenvalue weighted by atomic mass is 10.0. The lowest BCUT2D eigenvalue weighted by Crippen LogP contribution is -2.30. The fourth-order valence-electron chi connectivity index (χ4n) is 2.32. The quantitative estimate of drug-likeness (QED) is 0.751. The van der Waals surface area contributed by atoms with Crippen molar-refractivity contribution in [1.29, 1.82) is 0 Å². The van der Waals surface area contributed by atoms with Gasteiger partial charge in [0.1, 0.15) is 17.6 Å². The second-order valence-corrected chi connectivity index (χ2v) is 5.13. The van der Waals surface area contributed by atoms with Crippen LogP contribution in [0.25, 0.3) is 0 Å². The maximum Gasteiger partial charge on any atom is 0.222 e. The first-order chi connectivity index (χ1) is 11.2. The average Bonchev–Trinajstić information content (AvgIpc) is 3.23. The maximum atomic E-state index is 12.3. The minimum absolute atomic E-state index is 0.0925. The molecule has 7 nitrogen and oxygen atoms in total. The number of benzene rings is 1. The van der Waals surface area contributed by atoms with Crippen molar-refractivity contribution in [3.8, 4) is 0 Å². The van der Waals surface area contributed by atoms with E-state index in [9.17, 15) is 4.79 Å². The Hall–Kier alpha value is -2.96. The van der Waals surface area contributed by atoms with E-state index < -0.39 is 0 Å². The first-order valence-electron chi connectivity index (χ1n) is 7.34. The van der Waals surface area contributed by atoms with Crippen LogP contribution in [0.5, 0.6) is 0 Å². The van der Waals surface area contributed by atoms with Crippen LogP contribution in [0.3, 0.4) is 0 Å². The van der Waals surface area contributed by atoms with Crippen LogP contribution in [0.2, 0.25) is 0 Å². The van der Waals surface area contributed by atoms with Gasteiger partial charge in [-0.2, -0.15) is 0 Å². The number of tetrazole rings is 1. The number of furan rings is 1. The number of carbonyl (C=O) groups is 1. The molecular weight excluding hydrogens is 294 g/mol. The fourth-order valence-corrected chi connectivity index (χ4v) is 2.32. The van der Waals surface area contributed by atoms with E-state index in [0.717, 1.165) is 5.56 Å². The average molecular weight is 311 g/mol. The summed E-state index contributed by atoms with van der Waals surface area (Å²) in [6.45, 7) is 2.23. The van der Waals surface area contributed by atoms with Crippen molar-refractivity contribution >= 4 is 5.91 Å². The van der Waals surface area contributed by atoms with Crippen LogP contribution in [-0.4, -0.2) is 26.1 Å². The molecule has 3 rings (SSSR count). The number of nitrogens with zero attached hydrogens (tertiary/aromatic N) is 4. The van der Waals surface area contributed by atoms with Gasteiger partial charge in [-0.05, 0) is 35.0 Å². The number of rotatable bonds is 6. The predicted molar refractivity (Wildman–Crippen MR) is 82.3 cm³/mol. The van der Waals surface area contributed by atoms with Gasteiger partial charge in [-0.3, -0.25) is 4.79 Å². The highest BCUT2D eigenvalue weighted by molar-refractivity contribution is 5.76. The van der Waals surface area contributed by atoms with Crippen molar-refractivity contribution < 1.29 is 9.21 Å². The first kappa shape index (κ1) is 15.0. The lowest BCUT2D eigenvalue weighted by Gasteiger charge is -2.17. The van der Waals surface area contributed by atoms with Gasteiger partial charge < -0.3 is 9.73 Å².